The van der Waals surface area contributed by atoms with Crippen LogP contribution in [0.15, 0.2) is 24.3 Å². The van der Waals surface area contributed by atoms with Crippen molar-refractivity contribution >= 4 is 16.1 Å². The molecule has 78 valence electrons. The number of hydrogen-bond acceptors (Lipinski definition) is 4. The fraction of sp³-hybridized carbons (Fsp3) is 0.250. The van der Waals surface area contributed by atoms with Gasteiger partial charge in [-0.1, -0.05) is 12.1 Å². The highest BCUT2D eigenvalue weighted by atomic mass is 32.3. The minimum absolute atomic E-state index is 0.0950. The van der Waals surface area contributed by atoms with Crippen LogP contribution in [0.3, 0.4) is 0 Å². The zero-order valence-electron chi connectivity index (χ0n) is 7.38. The number of hydrogen-bond donors (Lipinski definition) is 2. The van der Waals surface area contributed by atoms with Crippen molar-refractivity contribution in [2.24, 2.45) is 0 Å². The lowest BCUT2D eigenvalue weighted by Gasteiger charge is -2.01. The number of benzene rings is 1. The number of rotatable bonds is 4. The summed E-state index contributed by atoms with van der Waals surface area (Å²) in [6, 6.07) is 7.00. The summed E-state index contributed by atoms with van der Waals surface area (Å²) in [6.07, 6.45) is 0.380. The highest BCUT2D eigenvalue weighted by Gasteiger charge is 2.03. The maximum Gasteiger partial charge on any atom is 0.397 e. The molecular weight excluding hydrogens is 206 g/mol. The van der Waals surface area contributed by atoms with Crippen LogP contribution < -0.4 is 5.73 Å². The zero-order valence-corrected chi connectivity index (χ0v) is 8.20. The molecule has 1 aromatic carbocycles. The Labute approximate surface area is 82.5 Å². The summed E-state index contributed by atoms with van der Waals surface area (Å²) >= 11 is 0. The van der Waals surface area contributed by atoms with Crippen LogP contribution in [0.5, 0.6) is 0 Å². The molecule has 0 aliphatic carbocycles. The molecule has 5 nitrogen and oxygen atoms in total. The molecule has 0 fully saturated rings. The molecule has 0 aromatic heterocycles. The topological polar surface area (TPSA) is 89.6 Å². The Morgan fingerprint density at radius 3 is 2.71 bits per heavy atom. The molecule has 3 N–H and O–H groups in total. The largest absolute Gasteiger partial charge is 0.399 e. The normalized spacial score (nSPS) is 11.5. The van der Waals surface area contributed by atoms with Crippen molar-refractivity contribution in [1.29, 1.82) is 0 Å². The summed E-state index contributed by atoms with van der Waals surface area (Å²) in [7, 11) is -4.34. The summed E-state index contributed by atoms with van der Waals surface area (Å²) in [5.74, 6) is 0. The third kappa shape index (κ3) is 4.22. The molecule has 0 aliphatic rings. The molecule has 1 aromatic rings. The number of anilines is 1. The van der Waals surface area contributed by atoms with Gasteiger partial charge in [0.1, 0.15) is 0 Å². The average Bonchev–Trinajstić information content (AvgIpc) is 2.01. The van der Waals surface area contributed by atoms with E-state index in [4.69, 9.17) is 10.3 Å². The van der Waals surface area contributed by atoms with Crippen molar-refractivity contribution in [3.8, 4) is 0 Å². The third-order valence-corrected chi connectivity index (χ3v) is 2.04. The van der Waals surface area contributed by atoms with Crippen molar-refractivity contribution in [2.45, 2.75) is 6.42 Å². The van der Waals surface area contributed by atoms with E-state index in [0.717, 1.165) is 5.56 Å². The van der Waals surface area contributed by atoms with Gasteiger partial charge in [-0.2, -0.15) is 8.42 Å². The predicted octanol–water partition coefficient (Wildman–Crippen LogP) is 0.631. The Morgan fingerprint density at radius 2 is 2.14 bits per heavy atom. The van der Waals surface area contributed by atoms with E-state index < -0.39 is 10.4 Å². The minimum Gasteiger partial charge on any atom is -0.399 e. The van der Waals surface area contributed by atoms with Gasteiger partial charge < -0.3 is 5.73 Å². The van der Waals surface area contributed by atoms with E-state index >= 15 is 0 Å². The van der Waals surface area contributed by atoms with Crippen molar-refractivity contribution in [1.82, 2.24) is 0 Å². The smallest absolute Gasteiger partial charge is 0.397 e. The fourth-order valence-electron chi connectivity index (χ4n) is 1.01. The Hall–Kier alpha value is -1.11. The number of nitrogen functional groups attached to an aromatic ring is 1. The third-order valence-electron chi connectivity index (χ3n) is 1.57. The Kier molecular flexibility index (Phi) is 3.45. The maximum atomic E-state index is 10.2. The van der Waals surface area contributed by atoms with Gasteiger partial charge in [-0.25, -0.2) is 4.18 Å². The van der Waals surface area contributed by atoms with Crippen molar-refractivity contribution in [2.75, 3.05) is 12.3 Å². The first-order valence-electron chi connectivity index (χ1n) is 3.93. The lowest BCUT2D eigenvalue weighted by molar-refractivity contribution is 0.272. The average molecular weight is 217 g/mol. The first-order chi connectivity index (χ1) is 6.47. The van der Waals surface area contributed by atoms with Gasteiger partial charge in [0.2, 0.25) is 0 Å². The molecule has 0 aliphatic heterocycles. The van der Waals surface area contributed by atoms with E-state index in [1.807, 2.05) is 0 Å². The van der Waals surface area contributed by atoms with Crippen LogP contribution in [0.4, 0.5) is 5.69 Å². The summed E-state index contributed by atoms with van der Waals surface area (Å²) in [4.78, 5) is 0. The minimum atomic E-state index is -4.34. The van der Waals surface area contributed by atoms with Gasteiger partial charge in [0.15, 0.2) is 0 Å². The molecule has 0 amide bonds. The molecule has 0 saturated heterocycles. The van der Waals surface area contributed by atoms with Gasteiger partial charge in [0, 0.05) is 5.69 Å². The van der Waals surface area contributed by atoms with E-state index in [1.54, 1.807) is 24.3 Å². The summed E-state index contributed by atoms with van der Waals surface area (Å²) in [6.45, 7) is -0.0950. The Morgan fingerprint density at radius 1 is 1.43 bits per heavy atom. The standard InChI is InChI=1S/C8H11NO4S/c9-8-3-1-2-7(6-8)4-5-13-14(10,11)12/h1-3,6H,4-5,9H2,(H,10,11,12). The molecule has 0 atom stereocenters. The Bertz CT molecular complexity index is 402. The summed E-state index contributed by atoms with van der Waals surface area (Å²) in [5.41, 5.74) is 6.97. The van der Waals surface area contributed by atoms with Crippen LogP contribution in [0.2, 0.25) is 0 Å². The second-order valence-electron chi connectivity index (χ2n) is 2.74. The van der Waals surface area contributed by atoms with Crippen molar-refractivity contribution in [3.63, 3.8) is 0 Å². The van der Waals surface area contributed by atoms with Crippen LogP contribution in [0.25, 0.3) is 0 Å². The van der Waals surface area contributed by atoms with E-state index in [2.05, 4.69) is 4.18 Å². The van der Waals surface area contributed by atoms with E-state index in [0.29, 0.717) is 12.1 Å². The van der Waals surface area contributed by atoms with Gasteiger partial charge in [-0.3, -0.25) is 4.55 Å². The molecule has 6 heteroatoms. The molecule has 0 radical (unpaired) electrons. The van der Waals surface area contributed by atoms with Crippen molar-refractivity contribution in [3.05, 3.63) is 29.8 Å². The maximum absolute atomic E-state index is 10.2. The fourth-order valence-corrected chi connectivity index (χ4v) is 1.31. The second-order valence-corrected chi connectivity index (χ2v) is 3.84. The van der Waals surface area contributed by atoms with E-state index in [1.165, 1.54) is 0 Å². The van der Waals surface area contributed by atoms with Crippen LogP contribution >= 0.6 is 0 Å². The van der Waals surface area contributed by atoms with E-state index in [-0.39, 0.29) is 6.61 Å². The van der Waals surface area contributed by atoms with Crippen LogP contribution in [-0.2, 0) is 21.0 Å². The molecule has 0 saturated carbocycles. The highest BCUT2D eigenvalue weighted by Crippen LogP contribution is 2.07. The van der Waals surface area contributed by atoms with Gasteiger partial charge in [0.25, 0.3) is 0 Å². The summed E-state index contributed by atoms with van der Waals surface area (Å²) < 4.78 is 32.8. The van der Waals surface area contributed by atoms with E-state index in [9.17, 15) is 8.42 Å². The van der Waals surface area contributed by atoms with Gasteiger partial charge in [0.05, 0.1) is 6.61 Å². The SMILES string of the molecule is Nc1cccc(CCOS(=O)(=O)O)c1. The van der Waals surface area contributed by atoms with Gasteiger partial charge >= 0.3 is 10.4 Å². The summed E-state index contributed by atoms with van der Waals surface area (Å²) in [5, 5.41) is 0. The second kappa shape index (κ2) is 4.41. The monoisotopic (exact) mass is 217 g/mol. The van der Waals surface area contributed by atoms with Gasteiger partial charge in [-0.15, -0.1) is 0 Å². The molecule has 0 bridgehead atoms. The molecular formula is C8H11NO4S. The van der Waals surface area contributed by atoms with Crippen LogP contribution in [0, 0.1) is 0 Å². The lowest BCUT2D eigenvalue weighted by Crippen LogP contribution is -2.06. The van der Waals surface area contributed by atoms with Crippen LogP contribution in [-0.4, -0.2) is 19.6 Å². The molecule has 0 heterocycles. The van der Waals surface area contributed by atoms with Crippen molar-refractivity contribution < 1.29 is 17.2 Å². The quantitative estimate of drug-likeness (QED) is 0.570. The predicted molar refractivity (Wildman–Crippen MR) is 52.1 cm³/mol. The highest BCUT2D eigenvalue weighted by molar-refractivity contribution is 7.80. The first-order valence-corrected chi connectivity index (χ1v) is 5.30. The van der Waals surface area contributed by atoms with Gasteiger partial charge in [-0.05, 0) is 24.1 Å². The zero-order chi connectivity index (χ0) is 10.6. The first kappa shape index (κ1) is 11.0. The lowest BCUT2D eigenvalue weighted by atomic mass is 10.1. The molecule has 14 heavy (non-hydrogen) atoms. The molecule has 0 unspecified atom stereocenters. The number of nitrogens with two attached hydrogens (primary N) is 1. The molecule has 1 rings (SSSR count). The van der Waals surface area contributed by atoms with Crippen LogP contribution in [0.1, 0.15) is 5.56 Å². The molecule has 0 spiro atoms. The Balaban J connectivity index is 2.47.